The van der Waals surface area contributed by atoms with Gasteiger partial charge in [0.1, 0.15) is 0 Å². The first kappa shape index (κ1) is 12.9. The second-order valence-corrected chi connectivity index (χ2v) is 4.45. The van der Waals surface area contributed by atoms with Crippen LogP contribution in [-0.4, -0.2) is 39.0 Å². The van der Waals surface area contributed by atoms with Crippen molar-refractivity contribution in [2.75, 3.05) is 20.8 Å². The van der Waals surface area contributed by atoms with Crippen LogP contribution in [0.4, 0.5) is 0 Å². The van der Waals surface area contributed by atoms with Crippen molar-refractivity contribution < 1.29 is 9.47 Å². The molecule has 0 spiro atoms. The fourth-order valence-corrected chi connectivity index (χ4v) is 2.33. The average molecular weight is 215 g/mol. The molecule has 0 aromatic rings. The number of hydrogen-bond donors (Lipinski definition) is 1. The van der Waals surface area contributed by atoms with Gasteiger partial charge in [-0.15, -0.1) is 0 Å². The van der Waals surface area contributed by atoms with E-state index in [1.54, 1.807) is 7.11 Å². The molecule has 15 heavy (non-hydrogen) atoms. The van der Waals surface area contributed by atoms with Crippen LogP contribution < -0.4 is 5.32 Å². The Morgan fingerprint density at radius 2 is 2.13 bits per heavy atom. The maximum Gasteiger partial charge on any atom is 0.0615 e. The first-order valence-electron chi connectivity index (χ1n) is 6.07. The minimum absolute atomic E-state index is 0.455. The Morgan fingerprint density at radius 1 is 1.33 bits per heavy atom. The van der Waals surface area contributed by atoms with Gasteiger partial charge in [-0.1, -0.05) is 6.92 Å². The average Bonchev–Trinajstić information content (AvgIpc) is 2.29. The molecule has 0 aliphatic heterocycles. The molecule has 1 aliphatic rings. The van der Waals surface area contributed by atoms with Gasteiger partial charge in [0.15, 0.2) is 0 Å². The third-order valence-electron chi connectivity index (χ3n) is 3.29. The van der Waals surface area contributed by atoms with Crippen molar-refractivity contribution in [1.29, 1.82) is 0 Å². The van der Waals surface area contributed by atoms with E-state index in [-0.39, 0.29) is 0 Å². The molecule has 0 amide bonds. The predicted octanol–water partition coefficient (Wildman–Crippen LogP) is 1.96. The van der Waals surface area contributed by atoms with E-state index in [0.29, 0.717) is 18.2 Å². The molecule has 0 aromatic heterocycles. The summed E-state index contributed by atoms with van der Waals surface area (Å²) in [6, 6.07) is 1.11. The molecule has 0 heterocycles. The van der Waals surface area contributed by atoms with Gasteiger partial charge in [0.2, 0.25) is 0 Å². The molecular formula is C12H25NO2. The standard InChI is InChI=1S/C12H25NO2/c1-4-10(9-14-2)13-11-6-5-7-12(8-11)15-3/h10-13H,4-9H2,1-3H3. The zero-order valence-electron chi connectivity index (χ0n) is 10.3. The molecule has 1 rings (SSSR count). The van der Waals surface area contributed by atoms with Crippen LogP contribution in [-0.2, 0) is 9.47 Å². The molecule has 3 atom stereocenters. The SMILES string of the molecule is CCC(COC)NC1CCCC(OC)C1. The molecule has 1 saturated carbocycles. The van der Waals surface area contributed by atoms with E-state index >= 15 is 0 Å². The van der Waals surface area contributed by atoms with E-state index in [1.807, 2.05) is 7.11 Å². The molecule has 0 aromatic carbocycles. The van der Waals surface area contributed by atoms with Crippen molar-refractivity contribution in [3.8, 4) is 0 Å². The fourth-order valence-electron chi connectivity index (χ4n) is 2.33. The largest absolute Gasteiger partial charge is 0.383 e. The third-order valence-corrected chi connectivity index (χ3v) is 3.29. The molecular weight excluding hydrogens is 190 g/mol. The molecule has 0 saturated heterocycles. The van der Waals surface area contributed by atoms with Crippen molar-refractivity contribution in [2.45, 2.75) is 57.2 Å². The van der Waals surface area contributed by atoms with Crippen LogP contribution in [0.25, 0.3) is 0 Å². The van der Waals surface area contributed by atoms with Gasteiger partial charge in [0, 0.05) is 26.3 Å². The minimum Gasteiger partial charge on any atom is -0.383 e. The number of rotatable bonds is 6. The van der Waals surface area contributed by atoms with Gasteiger partial charge < -0.3 is 14.8 Å². The van der Waals surface area contributed by atoms with Crippen LogP contribution in [0, 0.1) is 0 Å². The van der Waals surface area contributed by atoms with Crippen LogP contribution in [0.3, 0.4) is 0 Å². The highest BCUT2D eigenvalue weighted by Crippen LogP contribution is 2.21. The smallest absolute Gasteiger partial charge is 0.0615 e. The summed E-state index contributed by atoms with van der Waals surface area (Å²) in [6.07, 6.45) is 6.50. The summed E-state index contributed by atoms with van der Waals surface area (Å²) in [6.45, 7) is 3.01. The van der Waals surface area contributed by atoms with Crippen LogP contribution in [0.1, 0.15) is 39.0 Å². The maximum absolute atomic E-state index is 5.43. The van der Waals surface area contributed by atoms with Crippen molar-refractivity contribution >= 4 is 0 Å². The van der Waals surface area contributed by atoms with Gasteiger partial charge >= 0.3 is 0 Å². The second kappa shape index (κ2) is 7.20. The summed E-state index contributed by atoms with van der Waals surface area (Å²) in [5, 5.41) is 3.67. The van der Waals surface area contributed by atoms with E-state index in [0.717, 1.165) is 19.4 Å². The van der Waals surface area contributed by atoms with Gasteiger partial charge in [-0.05, 0) is 32.1 Å². The fraction of sp³-hybridized carbons (Fsp3) is 1.00. The molecule has 1 N–H and O–H groups in total. The summed E-state index contributed by atoms with van der Waals surface area (Å²) in [5.41, 5.74) is 0. The topological polar surface area (TPSA) is 30.5 Å². The summed E-state index contributed by atoms with van der Waals surface area (Å²) in [7, 11) is 3.59. The first-order chi connectivity index (χ1) is 7.30. The molecule has 0 radical (unpaired) electrons. The second-order valence-electron chi connectivity index (χ2n) is 4.45. The molecule has 90 valence electrons. The van der Waals surface area contributed by atoms with Crippen molar-refractivity contribution in [3.63, 3.8) is 0 Å². The van der Waals surface area contributed by atoms with Crippen molar-refractivity contribution in [3.05, 3.63) is 0 Å². The lowest BCUT2D eigenvalue weighted by Gasteiger charge is -2.31. The Morgan fingerprint density at radius 3 is 2.73 bits per heavy atom. The molecule has 3 heteroatoms. The Labute approximate surface area is 93.5 Å². The van der Waals surface area contributed by atoms with Gasteiger partial charge in [-0.25, -0.2) is 0 Å². The third kappa shape index (κ3) is 4.49. The van der Waals surface area contributed by atoms with Crippen molar-refractivity contribution in [1.82, 2.24) is 5.32 Å². The maximum atomic E-state index is 5.43. The summed E-state index contributed by atoms with van der Waals surface area (Å²) in [4.78, 5) is 0. The molecule has 0 bridgehead atoms. The van der Waals surface area contributed by atoms with Crippen LogP contribution in [0.2, 0.25) is 0 Å². The zero-order valence-corrected chi connectivity index (χ0v) is 10.3. The Balaban J connectivity index is 2.29. The van der Waals surface area contributed by atoms with Gasteiger partial charge in [0.05, 0.1) is 12.7 Å². The monoisotopic (exact) mass is 215 g/mol. The quantitative estimate of drug-likeness (QED) is 0.734. The molecule has 1 fully saturated rings. The zero-order chi connectivity index (χ0) is 11.1. The van der Waals surface area contributed by atoms with Crippen LogP contribution >= 0.6 is 0 Å². The van der Waals surface area contributed by atoms with E-state index in [2.05, 4.69) is 12.2 Å². The minimum atomic E-state index is 0.455. The molecule has 1 aliphatic carbocycles. The van der Waals surface area contributed by atoms with E-state index < -0.39 is 0 Å². The Kier molecular flexibility index (Phi) is 6.22. The van der Waals surface area contributed by atoms with Gasteiger partial charge in [0.25, 0.3) is 0 Å². The predicted molar refractivity (Wildman–Crippen MR) is 62.1 cm³/mol. The van der Waals surface area contributed by atoms with E-state index in [1.165, 1.54) is 19.3 Å². The lowest BCUT2D eigenvalue weighted by atomic mass is 9.92. The lowest BCUT2D eigenvalue weighted by Crippen LogP contribution is -2.44. The highest BCUT2D eigenvalue weighted by molar-refractivity contribution is 4.81. The van der Waals surface area contributed by atoms with Crippen LogP contribution in [0.15, 0.2) is 0 Å². The van der Waals surface area contributed by atoms with Crippen molar-refractivity contribution in [2.24, 2.45) is 0 Å². The van der Waals surface area contributed by atoms with Gasteiger partial charge in [-0.3, -0.25) is 0 Å². The van der Waals surface area contributed by atoms with E-state index in [9.17, 15) is 0 Å². The molecule has 3 unspecified atom stereocenters. The normalized spacial score (nSPS) is 29.0. The first-order valence-corrected chi connectivity index (χ1v) is 6.07. The van der Waals surface area contributed by atoms with Gasteiger partial charge in [-0.2, -0.15) is 0 Å². The van der Waals surface area contributed by atoms with E-state index in [4.69, 9.17) is 9.47 Å². The summed E-state index contributed by atoms with van der Waals surface area (Å²) < 4.78 is 10.6. The number of nitrogens with one attached hydrogen (secondary N) is 1. The summed E-state index contributed by atoms with van der Waals surface area (Å²) >= 11 is 0. The Hall–Kier alpha value is -0.120. The highest BCUT2D eigenvalue weighted by Gasteiger charge is 2.23. The lowest BCUT2D eigenvalue weighted by molar-refractivity contribution is 0.0533. The number of hydrogen-bond acceptors (Lipinski definition) is 3. The van der Waals surface area contributed by atoms with Crippen LogP contribution in [0.5, 0.6) is 0 Å². The highest BCUT2D eigenvalue weighted by atomic mass is 16.5. The number of ether oxygens (including phenoxy) is 2. The summed E-state index contributed by atoms with van der Waals surface area (Å²) in [5.74, 6) is 0. The Bertz CT molecular complexity index is 164. The number of methoxy groups -OCH3 is 2. The molecule has 3 nitrogen and oxygen atoms in total.